The van der Waals surface area contributed by atoms with Gasteiger partial charge in [0.25, 0.3) is 0 Å². The lowest BCUT2D eigenvalue weighted by Crippen LogP contribution is -2.54. The van der Waals surface area contributed by atoms with Crippen molar-refractivity contribution in [2.45, 2.75) is 44.7 Å². The summed E-state index contributed by atoms with van der Waals surface area (Å²) in [5.74, 6) is -0.714. The Morgan fingerprint density at radius 3 is 2.71 bits per heavy atom. The van der Waals surface area contributed by atoms with E-state index >= 15 is 0 Å². The summed E-state index contributed by atoms with van der Waals surface area (Å²) >= 11 is 3.49. The van der Waals surface area contributed by atoms with Gasteiger partial charge in [0.1, 0.15) is 5.92 Å². The standard InChI is InChI=1S/C18H24BrN3O2/c1-12(20)15-7-4-5-10-21(15)17(23)13-9-11-22(18(13)24)16-8-3-2-6-14(16)19/h2-3,6,8,12-13,15H,4-5,7,9-11,20H2,1H3/t12-,13-,15-/m0/s1. The molecule has 1 aromatic carbocycles. The molecular formula is C18H24BrN3O2. The monoisotopic (exact) mass is 393 g/mol. The Labute approximate surface area is 151 Å². The molecule has 0 unspecified atom stereocenters. The van der Waals surface area contributed by atoms with Crippen LogP contribution in [0.4, 0.5) is 5.69 Å². The number of hydrogen-bond donors (Lipinski definition) is 1. The van der Waals surface area contributed by atoms with Crippen molar-refractivity contribution in [3.8, 4) is 0 Å². The highest BCUT2D eigenvalue weighted by Crippen LogP contribution is 2.33. The van der Waals surface area contributed by atoms with Crippen LogP contribution < -0.4 is 10.6 Å². The number of nitrogens with two attached hydrogens (primary N) is 1. The first-order chi connectivity index (χ1) is 11.5. The van der Waals surface area contributed by atoms with Crippen molar-refractivity contribution in [2.24, 2.45) is 11.7 Å². The Kier molecular flexibility index (Phi) is 5.25. The number of piperidine rings is 1. The number of benzene rings is 1. The normalized spacial score (nSPS) is 25.9. The molecule has 0 bridgehead atoms. The molecule has 130 valence electrons. The van der Waals surface area contributed by atoms with Crippen molar-refractivity contribution in [3.05, 3.63) is 28.7 Å². The molecule has 0 radical (unpaired) electrons. The molecule has 3 rings (SSSR count). The maximum atomic E-state index is 13.0. The van der Waals surface area contributed by atoms with Crippen molar-refractivity contribution >= 4 is 33.4 Å². The molecular weight excluding hydrogens is 370 g/mol. The van der Waals surface area contributed by atoms with Crippen LogP contribution in [0.25, 0.3) is 0 Å². The largest absolute Gasteiger partial charge is 0.337 e. The minimum atomic E-state index is -0.573. The van der Waals surface area contributed by atoms with E-state index in [0.29, 0.717) is 19.5 Å². The zero-order chi connectivity index (χ0) is 17.3. The van der Waals surface area contributed by atoms with Crippen molar-refractivity contribution in [1.82, 2.24) is 4.90 Å². The number of carbonyl (C=O) groups excluding carboxylic acids is 2. The fraction of sp³-hybridized carbons (Fsp3) is 0.556. The van der Waals surface area contributed by atoms with E-state index in [4.69, 9.17) is 5.73 Å². The quantitative estimate of drug-likeness (QED) is 0.802. The van der Waals surface area contributed by atoms with Gasteiger partial charge in [0, 0.05) is 29.6 Å². The molecule has 2 saturated heterocycles. The third kappa shape index (κ3) is 3.22. The van der Waals surface area contributed by atoms with Gasteiger partial charge in [-0.3, -0.25) is 9.59 Å². The number of anilines is 1. The summed E-state index contributed by atoms with van der Waals surface area (Å²) in [4.78, 5) is 29.4. The molecule has 2 fully saturated rings. The lowest BCUT2D eigenvalue weighted by molar-refractivity contribution is -0.143. The minimum Gasteiger partial charge on any atom is -0.337 e. The second kappa shape index (κ2) is 7.23. The summed E-state index contributed by atoms with van der Waals surface area (Å²) in [6.07, 6.45) is 3.58. The number of hydrogen-bond acceptors (Lipinski definition) is 3. The van der Waals surface area contributed by atoms with Crippen molar-refractivity contribution in [2.75, 3.05) is 18.0 Å². The van der Waals surface area contributed by atoms with Crippen LogP contribution in [-0.2, 0) is 9.59 Å². The molecule has 0 aromatic heterocycles. The van der Waals surface area contributed by atoms with E-state index in [1.54, 1.807) is 4.90 Å². The van der Waals surface area contributed by atoms with Crippen LogP contribution in [0.1, 0.15) is 32.6 Å². The van der Waals surface area contributed by atoms with Crippen LogP contribution >= 0.6 is 15.9 Å². The lowest BCUT2D eigenvalue weighted by Gasteiger charge is -2.39. The predicted molar refractivity (Wildman–Crippen MR) is 97.6 cm³/mol. The Balaban J connectivity index is 1.77. The SMILES string of the molecule is C[C@H](N)[C@@H]1CCCCN1C(=O)[C@@H]1CCN(c2ccccc2Br)C1=O. The third-order valence-corrected chi connectivity index (χ3v) is 5.76. The fourth-order valence-corrected chi connectivity index (χ4v) is 4.30. The van der Waals surface area contributed by atoms with Gasteiger partial charge in [0.15, 0.2) is 0 Å². The van der Waals surface area contributed by atoms with E-state index in [2.05, 4.69) is 15.9 Å². The van der Waals surface area contributed by atoms with E-state index in [-0.39, 0.29) is 23.9 Å². The number of amides is 2. The summed E-state index contributed by atoms with van der Waals surface area (Å²) in [5, 5.41) is 0. The van der Waals surface area contributed by atoms with Gasteiger partial charge in [0.2, 0.25) is 11.8 Å². The Morgan fingerprint density at radius 2 is 2.00 bits per heavy atom. The fourth-order valence-electron chi connectivity index (χ4n) is 3.80. The van der Waals surface area contributed by atoms with Crippen LogP contribution in [0, 0.1) is 5.92 Å². The van der Waals surface area contributed by atoms with Crippen LogP contribution in [-0.4, -0.2) is 41.9 Å². The molecule has 24 heavy (non-hydrogen) atoms. The molecule has 0 saturated carbocycles. The predicted octanol–water partition coefficient (Wildman–Crippen LogP) is 2.53. The van der Waals surface area contributed by atoms with Gasteiger partial charge < -0.3 is 15.5 Å². The van der Waals surface area contributed by atoms with Crippen molar-refractivity contribution in [1.29, 1.82) is 0 Å². The summed E-state index contributed by atoms with van der Waals surface area (Å²) in [6.45, 7) is 3.23. The van der Waals surface area contributed by atoms with Crippen LogP contribution in [0.5, 0.6) is 0 Å². The second-order valence-electron chi connectivity index (χ2n) is 6.74. The highest BCUT2D eigenvalue weighted by molar-refractivity contribution is 9.10. The first-order valence-electron chi connectivity index (χ1n) is 8.62. The first kappa shape index (κ1) is 17.4. The molecule has 3 atom stereocenters. The zero-order valence-electron chi connectivity index (χ0n) is 14.0. The first-order valence-corrected chi connectivity index (χ1v) is 9.42. The van der Waals surface area contributed by atoms with Crippen LogP contribution in [0.3, 0.4) is 0 Å². The van der Waals surface area contributed by atoms with E-state index < -0.39 is 5.92 Å². The number of para-hydroxylation sites is 1. The highest BCUT2D eigenvalue weighted by Gasteiger charge is 2.42. The Bertz CT molecular complexity index is 634. The molecule has 2 N–H and O–H groups in total. The average Bonchev–Trinajstić information content (AvgIpc) is 2.96. The molecule has 5 nitrogen and oxygen atoms in total. The maximum absolute atomic E-state index is 13.0. The smallest absolute Gasteiger partial charge is 0.239 e. The van der Waals surface area contributed by atoms with Crippen molar-refractivity contribution in [3.63, 3.8) is 0 Å². The molecule has 2 heterocycles. The number of carbonyl (C=O) groups is 2. The van der Waals surface area contributed by atoms with Gasteiger partial charge in [-0.15, -0.1) is 0 Å². The molecule has 0 spiro atoms. The third-order valence-electron chi connectivity index (χ3n) is 5.09. The second-order valence-corrected chi connectivity index (χ2v) is 7.59. The van der Waals surface area contributed by atoms with Crippen LogP contribution in [0.2, 0.25) is 0 Å². The average molecular weight is 394 g/mol. The summed E-state index contributed by atoms with van der Waals surface area (Å²) in [5.41, 5.74) is 6.90. The Hall–Kier alpha value is -1.40. The molecule has 1 aromatic rings. The van der Waals surface area contributed by atoms with E-state index in [1.165, 1.54) is 0 Å². The van der Waals surface area contributed by atoms with Crippen LogP contribution in [0.15, 0.2) is 28.7 Å². The number of likely N-dealkylation sites (tertiary alicyclic amines) is 1. The molecule has 6 heteroatoms. The van der Waals surface area contributed by atoms with Gasteiger partial charge in [-0.2, -0.15) is 0 Å². The number of halogens is 1. The summed E-state index contributed by atoms with van der Waals surface area (Å²) in [7, 11) is 0. The molecule has 2 aliphatic heterocycles. The van der Waals surface area contributed by atoms with E-state index in [1.807, 2.05) is 36.1 Å². The van der Waals surface area contributed by atoms with Gasteiger partial charge >= 0.3 is 0 Å². The van der Waals surface area contributed by atoms with Gasteiger partial charge in [0.05, 0.1) is 5.69 Å². The number of rotatable bonds is 3. The summed E-state index contributed by atoms with van der Waals surface area (Å²) < 4.78 is 0.873. The van der Waals surface area contributed by atoms with Crippen molar-refractivity contribution < 1.29 is 9.59 Å². The minimum absolute atomic E-state index is 0.0449. The highest BCUT2D eigenvalue weighted by atomic mass is 79.9. The summed E-state index contributed by atoms with van der Waals surface area (Å²) in [6, 6.07) is 7.62. The maximum Gasteiger partial charge on any atom is 0.239 e. The van der Waals surface area contributed by atoms with E-state index in [9.17, 15) is 9.59 Å². The topological polar surface area (TPSA) is 66.6 Å². The Morgan fingerprint density at radius 1 is 1.25 bits per heavy atom. The molecule has 2 aliphatic rings. The zero-order valence-corrected chi connectivity index (χ0v) is 15.5. The van der Waals surface area contributed by atoms with Gasteiger partial charge in [-0.1, -0.05) is 12.1 Å². The van der Waals surface area contributed by atoms with Gasteiger partial charge in [-0.05, 0) is 60.7 Å². The lowest BCUT2D eigenvalue weighted by atomic mass is 9.94. The van der Waals surface area contributed by atoms with Gasteiger partial charge in [-0.25, -0.2) is 0 Å². The molecule has 0 aliphatic carbocycles. The number of nitrogens with zero attached hydrogens (tertiary/aromatic N) is 2. The van der Waals surface area contributed by atoms with E-state index in [0.717, 1.165) is 29.4 Å². The molecule has 2 amide bonds.